The van der Waals surface area contributed by atoms with Crippen molar-refractivity contribution in [2.75, 3.05) is 5.32 Å². The number of anilines is 1. The molecule has 108 valence electrons. The van der Waals surface area contributed by atoms with Gasteiger partial charge in [0.15, 0.2) is 5.69 Å². The number of hydrogen-bond acceptors (Lipinski definition) is 3. The van der Waals surface area contributed by atoms with E-state index in [1.807, 2.05) is 0 Å². The largest absolute Gasteiger partial charge is 0.476 e. The van der Waals surface area contributed by atoms with Crippen LogP contribution in [0.3, 0.4) is 0 Å². The number of carboxylic acids is 1. The van der Waals surface area contributed by atoms with Crippen molar-refractivity contribution in [3.63, 3.8) is 0 Å². The number of carbonyl (C=O) groups excluding carboxylic acids is 1. The molecule has 0 saturated heterocycles. The van der Waals surface area contributed by atoms with Crippen LogP contribution >= 0.6 is 0 Å². The molecule has 0 bridgehead atoms. The summed E-state index contributed by atoms with van der Waals surface area (Å²) >= 11 is 0. The molecular formula is C14H10F2N2O3. The van der Waals surface area contributed by atoms with E-state index in [1.165, 1.54) is 25.3 Å². The standard InChI is InChI=1S/C14H10F2N2O3/c1-7-5-8(10(16)6-9(7)15)13(19)18-11-3-2-4-17-12(11)14(20)21/h2-6H,1H3,(H,18,19)(H,20,21). The number of benzene rings is 1. The van der Waals surface area contributed by atoms with Gasteiger partial charge in [0.2, 0.25) is 0 Å². The van der Waals surface area contributed by atoms with E-state index in [0.29, 0.717) is 6.07 Å². The molecule has 0 spiro atoms. The Kier molecular flexibility index (Phi) is 3.93. The third-order valence-electron chi connectivity index (χ3n) is 2.75. The zero-order chi connectivity index (χ0) is 15.6. The van der Waals surface area contributed by atoms with Gasteiger partial charge in [0, 0.05) is 12.3 Å². The quantitative estimate of drug-likeness (QED) is 0.911. The minimum absolute atomic E-state index is 0.0728. The highest BCUT2D eigenvalue weighted by atomic mass is 19.1. The van der Waals surface area contributed by atoms with E-state index in [4.69, 9.17) is 5.11 Å². The maximum atomic E-state index is 13.6. The molecule has 0 aliphatic heterocycles. The number of pyridine rings is 1. The smallest absolute Gasteiger partial charge is 0.356 e. The summed E-state index contributed by atoms with van der Waals surface area (Å²) in [7, 11) is 0. The number of hydrogen-bond donors (Lipinski definition) is 2. The van der Waals surface area contributed by atoms with Gasteiger partial charge in [-0.1, -0.05) is 0 Å². The first-order valence-electron chi connectivity index (χ1n) is 5.85. The molecule has 0 unspecified atom stereocenters. The molecule has 0 radical (unpaired) electrons. The first kappa shape index (κ1) is 14.6. The number of nitrogens with one attached hydrogen (secondary N) is 1. The number of aromatic nitrogens is 1. The molecule has 2 aromatic rings. The Morgan fingerprint density at radius 2 is 1.95 bits per heavy atom. The number of rotatable bonds is 3. The van der Waals surface area contributed by atoms with Crippen molar-refractivity contribution in [1.29, 1.82) is 0 Å². The van der Waals surface area contributed by atoms with E-state index >= 15 is 0 Å². The zero-order valence-corrected chi connectivity index (χ0v) is 10.9. The highest BCUT2D eigenvalue weighted by molar-refractivity contribution is 6.07. The molecular weight excluding hydrogens is 282 g/mol. The average molecular weight is 292 g/mol. The lowest BCUT2D eigenvalue weighted by molar-refractivity contribution is 0.0691. The van der Waals surface area contributed by atoms with Crippen LogP contribution in [0, 0.1) is 18.6 Å². The Balaban J connectivity index is 2.35. The second-order valence-corrected chi connectivity index (χ2v) is 4.24. The van der Waals surface area contributed by atoms with Crippen molar-refractivity contribution < 1.29 is 23.5 Å². The van der Waals surface area contributed by atoms with Crippen LogP contribution in [0.1, 0.15) is 26.4 Å². The van der Waals surface area contributed by atoms with E-state index in [2.05, 4.69) is 10.3 Å². The summed E-state index contributed by atoms with van der Waals surface area (Å²) in [6, 6.07) is 4.40. The minimum Gasteiger partial charge on any atom is -0.476 e. The van der Waals surface area contributed by atoms with E-state index < -0.39 is 23.5 Å². The molecule has 0 aliphatic rings. The maximum absolute atomic E-state index is 13.6. The third kappa shape index (κ3) is 3.02. The number of halogens is 2. The lowest BCUT2D eigenvalue weighted by Gasteiger charge is -2.09. The van der Waals surface area contributed by atoms with E-state index in [0.717, 1.165) is 6.07 Å². The number of aromatic carboxylic acids is 1. The first-order chi connectivity index (χ1) is 9.90. The van der Waals surface area contributed by atoms with Gasteiger partial charge in [0.1, 0.15) is 11.6 Å². The summed E-state index contributed by atoms with van der Waals surface area (Å²) in [6.45, 7) is 1.39. The van der Waals surface area contributed by atoms with E-state index in [1.54, 1.807) is 0 Å². The molecule has 5 nitrogen and oxygen atoms in total. The summed E-state index contributed by atoms with van der Waals surface area (Å²) in [4.78, 5) is 26.6. The number of nitrogens with zero attached hydrogens (tertiary/aromatic N) is 1. The van der Waals surface area contributed by atoms with Crippen molar-refractivity contribution in [2.45, 2.75) is 6.92 Å². The second-order valence-electron chi connectivity index (χ2n) is 4.24. The second kappa shape index (κ2) is 5.66. The monoisotopic (exact) mass is 292 g/mol. The molecule has 0 atom stereocenters. The maximum Gasteiger partial charge on any atom is 0.356 e. The van der Waals surface area contributed by atoms with Crippen LogP contribution < -0.4 is 5.32 Å². The van der Waals surface area contributed by atoms with Crippen molar-refractivity contribution >= 4 is 17.6 Å². The predicted octanol–water partition coefficient (Wildman–Crippen LogP) is 2.62. The molecule has 1 amide bonds. The van der Waals surface area contributed by atoms with Crippen molar-refractivity contribution in [3.05, 3.63) is 58.9 Å². The lowest BCUT2D eigenvalue weighted by atomic mass is 10.1. The van der Waals surface area contributed by atoms with Crippen LogP contribution in [-0.4, -0.2) is 22.0 Å². The Morgan fingerprint density at radius 1 is 1.24 bits per heavy atom. The van der Waals surface area contributed by atoms with Gasteiger partial charge in [-0.05, 0) is 30.7 Å². The molecule has 0 saturated carbocycles. The van der Waals surface area contributed by atoms with Crippen LogP contribution in [0.2, 0.25) is 0 Å². The van der Waals surface area contributed by atoms with E-state index in [-0.39, 0.29) is 22.5 Å². The normalized spacial score (nSPS) is 10.2. The molecule has 1 aromatic heterocycles. The predicted molar refractivity (Wildman–Crippen MR) is 70.2 cm³/mol. The van der Waals surface area contributed by atoms with Gasteiger partial charge in [-0.25, -0.2) is 18.6 Å². The van der Waals surface area contributed by atoms with Gasteiger partial charge < -0.3 is 10.4 Å². The van der Waals surface area contributed by atoms with Crippen LogP contribution in [0.15, 0.2) is 30.5 Å². The van der Waals surface area contributed by atoms with Crippen LogP contribution in [0.25, 0.3) is 0 Å². The zero-order valence-electron chi connectivity index (χ0n) is 10.9. The van der Waals surface area contributed by atoms with Gasteiger partial charge in [-0.15, -0.1) is 0 Å². The highest BCUT2D eigenvalue weighted by Gasteiger charge is 2.18. The van der Waals surface area contributed by atoms with Crippen LogP contribution in [0.5, 0.6) is 0 Å². The Bertz CT molecular complexity index is 732. The number of aryl methyl sites for hydroxylation is 1. The summed E-state index contributed by atoms with van der Waals surface area (Å²) in [5.74, 6) is -4.01. The number of carbonyl (C=O) groups is 2. The molecule has 1 aromatic carbocycles. The fraction of sp³-hybridized carbons (Fsp3) is 0.0714. The summed E-state index contributed by atoms with van der Waals surface area (Å²) in [6.07, 6.45) is 1.25. The Hall–Kier alpha value is -2.83. The summed E-state index contributed by atoms with van der Waals surface area (Å²) < 4.78 is 26.8. The molecule has 7 heteroatoms. The van der Waals surface area contributed by atoms with Crippen LogP contribution in [0.4, 0.5) is 14.5 Å². The van der Waals surface area contributed by atoms with Gasteiger partial charge in [0.25, 0.3) is 5.91 Å². The molecule has 2 rings (SSSR count). The third-order valence-corrected chi connectivity index (χ3v) is 2.75. The van der Waals surface area contributed by atoms with E-state index in [9.17, 15) is 18.4 Å². The lowest BCUT2D eigenvalue weighted by Crippen LogP contribution is -2.17. The molecule has 1 heterocycles. The molecule has 21 heavy (non-hydrogen) atoms. The van der Waals surface area contributed by atoms with Crippen molar-refractivity contribution in [1.82, 2.24) is 4.98 Å². The topological polar surface area (TPSA) is 79.3 Å². The van der Waals surface area contributed by atoms with Crippen molar-refractivity contribution in [2.24, 2.45) is 0 Å². The molecule has 0 fully saturated rings. The van der Waals surface area contributed by atoms with Gasteiger partial charge in [0.05, 0.1) is 11.3 Å². The number of carboxylic acid groups (broad SMARTS) is 1. The SMILES string of the molecule is Cc1cc(C(=O)Nc2cccnc2C(=O)O)c(F)cc1F. The fourth-order valence-corrected chi connectivity index (χ4v) is 1.70. The molecule has 0 aliphatic carbocycles. The Morgan fingerprint density at radius 3 is 2.62 bits per heavy atom. The fourth-order valence-electron chi connectivity index (χ4n) is 1.70. The van der Waals surface area contributed by atoms with Crippen molar-refractivity contribution in [3.8, 4) is 0 Å². The highest BCUT2D eigenvalue weighted by Crippen LogP contribution is 2.18. The molecule has 2 N–H and O–H groups in total. The summed E-state index contributed by atoms with van der Waals surface area (Å²) in [5, 5.41) is 11.2. The average Bonchev–Trinajstić information content (AvgIpc) is 2.43. The number of amides is 1. The summed E-state index contributed by atoms with van der Waals surface area (Å²) in [5.41, 5.74) is -0.721. The minimum atomic E-state index is -1.33. The first-order valence-corrected chi connectivity index (χ1v) is 5.85. The van der Waals surface area contributed by atoms with Crippen LogP contribution in [-0.2, 0) is 0 Å². The van der Waals surface area contributed by atoms with Gasteiger partial charge >= 0.3 is 5.97 Å². The Labute approximate surface area is 118 Å². The van der Waals surface area contributed by atoms with Gasteiger partial charge in [-0.2, -0.15) is 0 Å². The van der Waals surface area contributed by atoms with Gasteiger partial charge in [-0.3, -0.25) is 4.79 Å².